The largest absolute Gasteiger partial charge is 0.382 e. The predicted octanol–water partition coefficient (Wildman–Crippen LogP) is 2.25. The summed E-state index contributed by atoms with van der Waals surface area (Å²) in [4.78, 5) is 8.54. The normalized spacial score (nSPS) is 11.5. The maximum absolute atomic E-state index is 11.3. The van der Waals surface area contributed by atoms with Crippen LogP contribution in [-0.4, -0.2) is 34.4 Å². The Kier molecular flexibility index (Phi) is 5.10. The standard InChI is InChI=1S/C16H17ClN6O2S/c1-26(24,25)10-23-9-12(8-19-23)20-16-21-13(14(17)15(18)22-16)7-11-5-3-2-4-6-11/h2-6,8-9H,7,10H2,1H3,(H3,18,20,21,22). The van der Waals surface area contributed by atoms with Crippen LogP contribution in [0.15, 0.2) is 42.7 Å². The molecular formula is C16H17ClN6O2S. The fraction of sp³-hybridized carbons (Fsp3) is 0.188. The van der Waals surface area contributed by atoms with Gasteiger partial charge in [-0.05, 0) is 5.56 Å². The molecule has 0 radical (unpaired) electrons. The van der Waals surface area contributed by atoms with Gasteiger partial charge in [-0.25, -0.2) is 13.4 Å². The van der Waals surface area contributed by atoms with E-state index in [1.165, 1.54) is 10.9 Å². The minimum Gasteiger partial charge on any atom is -0.382 e. The summed E-state index contributed by atoms with van der Waals surface area (Å²) in [5.74, 6) is 0.215. The lowest BCUT2D eigenvalue weighted by Gasteiger charge is -2.09. The Bertz CT molecular complexity index is 1020. The molecule has 0 unspecified atom stereocenters. The number of nitrogens with zero attached hydrogens (tertiary/aromatic N) is 4. The van der Waals surface area contributed by atoms with E-state index in [0.29, 0.717) is 22.8 Å². The molecule has 1 aromatic carbocycles. The molecule has 0 aliphatic heterocycles. The minimum absolute atomic E-state index is 0.165. The molecule has 0 saturated heterocycles. The van der Waals surface area contributed by atoms with Crippen molar-refractivity contribution in [3.8, 4) is 0 Å². The van der Waals surface area contributed by atoms with Crippen LogP contribution in [0.5, 0.6) is 0 Å². The van der Waals surface area contributed by atoms with E-state index in [-0.39, 0.29) is 17.6 Å². The van der Waals surface area contributed by atoms with Gasteiger partial charge >= 0.3 is 0 Å². The number of sulfone groups is 1. The zero-order valence-electron chi connectivity index (χ0n) is 13.9. The lowest BCUT2D eigenvalue weighted by Crippen LogP contribution is -2.09. The molecule has 26 heavy (non-hydrogen) atoms. The lowest BCUT2D eigenvalue weighted by atomic mass is 10.1. The molecule has 3 rings (SSSR count). The van der Waals surface area contributed by atoms with E-state index in [9.17, 15) is 8.42 Å². The van der Waals surface area contributed by atoms with Gasteiger partial charge in [0.05, 0.1) is 17.6 Å². The Labute approximate surface area is 156 Å². The average Bonchev–Trinajstić information content (AvgIpc) is 2.98. The summed E-state index contributed by atoms with van der Waals surface area (Å²) >= 11 is 6.23. The van der Waals surface area contributed by atoms with Crippen LogP contribution in [0.25, 0.3) is 0 Å². The summed E-state index contributed by atoms with van der Waals surface area (Å²) in [5, 5.41) is 7.27. The second-order valence-electron chi connectivity index (χ2n) is 5.80. The van der Waals surface area contributed by atoms with E-state index >= 15 is 0 Å². The van der Waals surface area contributed by atoms with Crippen molar-refractivity contribution in [3.63, 3.8) is 0 Å². The van der Waals surface area contributed by atoms with Gasteiger partial charge in [-0.3, -0.25) is 4.68 Å². The maximum Gasteiger partial charge on any atom is 0.229 e. The second kappa shape index (κ2) is 7.30. The highest BCUT2D eigenvalue weighted by atomic mass is 35.5. The van der Waals surface area contributed by atoms with Crippen molar-refractivity contribution < 1.29 is 8.42 Å². The molecule has 0 aliphatic carbocycles. The molecule has 2 heterocycles. The molecular weight excluding hydrogens is 376 g/mol. The van der Waals surface area contributed by atoms with Gasteiger partial charge in [-0.1, -0.05) is 41.9 Å². The molecule has 0 aliphatic rings. The molecule has 0 amide bonds. The molecule has 8 nitrogen and oxygen atoms in total. The van der Waals surface area contributed by atoms with Gasteiger partial charge in [0.1, 0.15) is 16.7 Å². The molecule has 3 aromatic rings. The first-order valence-corrected chi connectivity index (χ1v) is 10.1. The van der Waals surface area contributed by atoms with Crippen LogP contribution in [0.3, 0.4) is 0 Å². The van der Waals surface area contributed by atoms with Crippen LogP contribution < -0.4 is 11.1 Å². The van der Waals surface area contributed by atoms with Crippen LogP contribution in [-0.2, 0) is 22.1 Å². The molecule has 0 saturated carbocycles. The number of nitrogens with two attached hydrogens (primary N) is 1. The molecule has 136 valence electrons. The van der Waals surface area contributed by atoms with Gasteiger partial charge in [0, 0.05) is 18.9 Å². The summed E-state index contributed by atoms with van der Waals surface area (Å²) in [7, 11) is -3.19. The number of rotatable bonds is 6. The first kappa shape index (κ1) is 18.2. The third-order valence-electron chi connectivity index (χ3n) is 3.42. The van der Waals surface area contributed by atoms with Gasteiger partial charge in [0.15, 0.2) is 9.84 Å². The third kappa shape index (κ3) is 4.70. The molecule has 3 N–H and O–H groups in total. The highest BCUT2D eigenvalue weighted by molar-refractivity contribution is 7.89. The predicted molar refractivity (Wildman–Crippen MR) is 101 cm³/mol. The summed E-state index contributed by atoms with van der Waals surface area (Å²) in [6.45, 7) is 0. The van der Waals surface area contributed by atoms with Gasteiger partial charge in [-0.2, -0.15) is 10.1 Å². The Hall–Kier alpha value is -2.65. The van der Waals surface area contributed by atoms with Crippen molar-refractivity contribution in [1.82, 2.24) is 19.7 Å². The molecule has 0 bridgehead atoms. The molecule has 0 spiro atoms. The van der Waals surface area contributed by atoms with Crippen molar-refractivity contribution in [2.24, 2.45) is 0 Å². The van der Waals surface area contributed by atoms with Crippen LogP contribution in [0.2, 0.25) is 5.02 Å². The number of benzene rings is 1. The SMILES string of the molecule is CS(=O)(=O)Cn1cc(Nc2nc(N)c(Cl)c(Cc3ccccc3)n2)cn1. The smallest absolute Gasteiger partial charge is 0.229 e. The van der Waals surface area contributed by atoms with Gasteiger partial charge in [0.25, 0.3) is 0 Å². The van der Waals surface area contributed by atoms with Gasteiger partial charge < -0.3 is 11.1 Å². The fourth-order valence-electron chi connectivity index (χ4n) is 2.34. The fourth-order valence-corrected chi connectivity index (χ4v) is 3.12. The molecule has 0 atom stereocenters. The number of aromatic nitrogens is 4. The summed E-state index contributed by atoms with van der Waals surface area (Å²) in [5.41, 5.74) is 8.07. The van der Waals surface area contributed by atoms with E-state index in [1.807, 2.05) is 30.3 Å². The highest BCUT2D eigenvalue weighted by Gasteiger charge is 2.13. The Morgan fingerprint density at radius 2 is 1.96 bits per heavy atom. The lowest BCUT2D eigenvalue weighted by molar-refractivity contribution is 0.581. The van der Waals surface area contributed by atoms with Crippen LogP contribution in [0, 0.1) is 0 Å². The third-order valence-corrected chi connectivity index (χ3v) is 4.56. The zero-order valence-corrected chi connectivity index (χ0v) is 15.5. The number of hydrogen-bond acceptors (Lipinski definition) is 7. The second-order valence-corrected chi connectivity index (χ2v) is 8.29. The number of anilines is 3. The molecule has 0 fully saturated rings. The number of halogens is 1. The summed E-state index contributed by atoms with van der Waals surface area (Å²) in [6.07, 6.45) is 4.68. The van der Waals surface area contributed by atoms with E-state index in [2.05, 4.69) is 20.4 Å². The van der Waals surface area contributed by atoms with Crippen molar-refractivity contribution in [3.05, 3.63) is 59.0 Å². The van der Waals surface area contributed by atoms with E-state index in [0.717, 1.165) is 11.8 Å². The van der Waals surface area contributed by atoms with E-state index in [4.69, 9.17) is 17.3 Å². The van der Waals surface area contributed by atoms with Crippen molar-refractivity contribution in [1.29, 1.82) is 0 Å². The number of nitrogens with one attached hydrogen (secondary N) is 1. The Morgan fingerprint density at radius 3 is 2.65 bits per heavy atom. The Morgan fingerprint density at radius 1 is 1.23 bits per heavy atom. The van der Waals surface area contributed by atoms with Crippen molar-refractivity contribution in [2.45, 2.75) is 12.3 Å². The van der Waals surface area contributed by atoms with Crippen molar-refractivity contribution in [2.75, 3.05) is 17.3 Å². The summed E-state index contributed by atoms with van der Waals surface area (Å²) in [6, 6.07) is 9.74. The number of nitrogen functional groups attached to an aromatic ring is 1. The highest BCUT2D eigenvalue weighted by Crippen LogP contribution is 2.25. The van der Waals surface area contributed by atoms with E-state index < -0.39 is 9.84 Å². The van der Waals surface area contributed by atoms with Crippen molar-refractivity contribution >= 4 is 38.9 Å². The quantitative estimate of drug-likeness (QED) is 0.660. The zero-order chi connectivity index (χ0) is 18.7. The van der Waals surface area contributed by atoms with E-state index in [1.54, 1.807) is 6.20 Å². The van der Waals surface area contributed by atoms with Gasteiger partial charge in [0.2, 0.25) is 5.95 Å². The first-order chi connectivity index (χ1) is 12.3. The molecule has 10 heteroatoms. The Balaban J connectivity index is 1.82. The maximum atomic E-state index is 11.3. The van der Waals surface area contributed by atoms with Crippen LogP contribution >= 0.6 is 11.6 Å². The minimum atomic E-state index is -3.19. The average molecular weight is 393 g/mol. The first-order valence-electron chi connectivity index (χ1n) is 7.63. The topological polar surface area (TPSA) is 116 Å². The number of hydrogen-bond donors (Lipinski definition) is 2. The van der Waals surface area contributed by atoms with Gasteiger partial charge in [-0.15, -0.1) is 0 Å². The summed E-state index contributed by atoms with van der Waals surface area (Å²) < 4.78 is 24.0. The molecule has 2 aromatic heterocycles. The van der Waals surface area contributed by atoms with Crippen LogP contribution in [0.1, 0.15) is 11.3 Å². The monoisotopic (exact) mass is 392 g/mol. The van der Waals surface area contributed by atoms with Crippen LogP contribution in [0.4, 0.5) is 17.5 Å².